The predicted molar refractivity (Wildman–Crippen MR) is 51.2 cm³/mol. The van der Waals surface area contributed by atoms with Crippen LogP contribution in [0.5, 0.6) is 0 Å². The Morgan fingerprint density at radius 3 is 2.75 bits per heavy atom. The number of hydrogen-bond donors (Lipinski definition) is 1. The second-order valence-electron chi connectivity index (χ2n) is 2.79. The van der Waals surface area contributed by atoms with Gasteiger partial charge in [0.1, 0.15) is 0 Å². The van der Waals surface area contributed by atoms with Gasteiger partial charge < -0.3 is 0 Å². The second-order valence-corrected chi connectivity index (χ2v) is 5.44. The zero-order valence-corrected chi connectivity index (χ0v) is 8.70. The third kappa shape index (κ3) is 2.35. The molecule has 6 heteroatoms. The van der Waals surface area contributed by atoms with E-state index in [0.29, 0.717) is 6.54 Å². The molecule has 1 rings (SSSR count). The molecule has 1 unspecified atom stereocenters. The van der Waals surface area contributed by atoms with E-state index in [-0.39, 0.29) is 6.04 Å². The highest BCUT2D eigenvalue weighted by Gasteiger charge is 2.28. The van der Waals surface area contributed by atoms with E-state index >= 15 is 0 Å². The van der Waals surface area contributed by atoms with Gasteiger partial charge in [0.25, 0.3) is 10.2 Å². The first-order valence-corrected chi connectivity index (χ1v) is 6.58. The molecule has 1 fully saturated rings. The lowest BCUT2D eigenvalue weighted by Gasteiger charge is -2.31. The lowest BCUT2D eigenvalue weighted by Crippen LogP contribution is -2.48. The number of hydrogen-bond acceptors (Lipinski definition) is 3. The van der Waals surface area contributed by atoms with E-state index in [4.69, 9.17) is 5.14 Å². The molecule has 0 saturated carbocycles. The van der Waals surface area contributed by atoms with Crippen molar-refractivity contribution in [3.63, 3.8) is 0 Å². The van der Waals surface area contributed by atoms with Crippen LogP contribution in [0.15, 0.2) is 0 Å². The summed E-state index contributed by atoms with van der Waals surface area (Å²) in [6.07, 6.45) is 0.837. The quantitative estimate of drug-likeness (QED) is 0.698. The lowest BCUT2D eigenvalue weighted by molar-refractivity contribution is 0.342. The largest absolute Gasteiger partial charge is 0.277 e. The Labute approximate surface area is 77.7 Å². The van der Waals surface area contributed by atoms with Gasteiger partial charge >= 0.3 is 0 Å². The Hall–Kier alpha value is 0.220. The average molecular weight is 210 g/mol. The highest BCUT2D eigenvalue weighted by molar-refractivity contribution is 7.99. The minimum atomic E-state index is -3.47. The van der Waals surface area contributed by atoms with Gasteiger partial charge in [0.15, 0.2) is 0 Å². The Bertz CT molecular complexity index is 240. The fourth-order valence-electron chi connectivity index (χ4n) is 1.30. The van der Waals surface area contributed by atoms with Crippen molar-refractivity contribution in [2.75, 3.05) is 18.1 Å². The molecule has 1 atom stereocenters. The predicted octanol–water partition coefficient (Wildman–Crippen LogP) is 0.0173. The summed E-state index contributed by atoms with van der Waals surface area (Å²) in [5.41, 5.74) is 0. The maximum Gasteiger partial charge on any atom is 0.277 e. The zero-order valence-electron chi connectivity index (χ0n) is 7.06. The number of thioether (sulfide) groups is 1. The molecule has 1 heterocycles. The minimum absolute atomic E-state index is 0.0961. The molecule has 0 aromatic carbocycles. The van der Waals surface area contributed by atoms with Gasteiger partial charge in [-0.15, -0.1) is 0 Å². The van der Waals surface area contributed by atoms with Crippen LogP contribution >= 0.6 is 11.8 Å². The molecular weight excluding hydrogens is 196 g/mol. The molecule has 12 heavy (non-hydrogen) atoms. The zero-order chi connectivity index (χ0) is 9.19. The second kappa shape index (κ2) is 3.95. The Morgan fingerprint density at radius 1 is 1.67 bits per heavy atom. The SMILES string of the molecule is CCC1CSCCN1S(N)(=O)=O. The average Bonchev–Trinajstić information content (AvgIpc) is 2.03. The fraction of sp³-hybridized carbons (Fsp3) is 1.00. The maximum absolute atomic E-state index is 11.1. The molecule has 0 aromatic heterocycles. The number of nitrogens with zero attached hydrogens (tertiary/aromatic N) is 1. The molecule has 1 aliphatic heterocycles. The van der Waals surface area contributed by atoms with Gasteiger partial charge in [0.2, 0.25) is 0 Å². The monoisotopic (exact) mass is 210 g/mol. The van der Waals surface area contributed by atoms with Crippen LogP contribution in [0.4, 0.5) is 0 Å². The van der Waals surface area contributed by atoms with E-state index in [1.54, 1.807) is 11.8 Å². The van der Waals surface area contributed by atoms with E-state index < -0.39 is 10.2 Å². The van der Waals surface area contributed by atoms with Crippen molar-refractivity contribution in [2.24, 2.45) is 5.14 Å². The van der Waals surface area contributed by atoms with Crippen LogP contribution in [0.25, 0.3) is 0 Å². The van der Waals surface area contributed by atoms with Crippen LogP contribution in [0.1, 0.15) is 13.3 Å². The number of nitrogens with two attached hydrogens (primary N) is 1. The Balaban J connectivity index is 2.72. The van der Waals surface area contributed by atoms with Crippen LogP contribution in [-0.4, -0.2) is 36.8 Å². The summed E-state index contributed by atoms with van der Waals surface area (Å²) in [5, 5.41) is 5.07. The standard InChI is InChI=1S/C6H14N2O2S2/c1-2-6-5-11-4-3-8(6)12(7,9)10/h6H,2-5H2,1H3,(H2,7,9,10). The summed E-state index contributed by atoms with van der Waals surface area (Å²) in [7, 11) is -3.47. The topological polar surface area (TPSA) is 63.4 Å². The molecular formula is C6H14N2O2S2. The van der Waals surface area contributed by atoms with Gasteiger partial charge in [-0.2, -0.15) is 24.5 Å². The van der Waals surface area contributed by atoms with Gasteiger partial charge in [-0.05, 0) is 6.42 Å². The van der Waals surface area contributed by atoms with Gasteiger partial charge in [-0.3, -0.25) is 0 Å². The van der Waals surface area contributed by atoms with Gasteiger partial charge in [0, 0.05) is 24.1 Å². The lowest BCUT2D eigenvalue weighted by atomic mass is 10.2. The summed E-state index contributed by atoms with van der Waals surface area (Å²) >= 11 is 1.79. The van der Waals surface area contributed by atoms with E-state index in [1.165, 1.54) is 4.31 Å². The van der Waals surface area contributed by atoms with E-state index in [9.17, 15) is 8.42 Å². The summed E-state index contributed by atoms with van der Waals surface area (Å²) < 4.78 is 23.5. The molecule has 72 valence electrons. The van der Waals surface area contributed by atoms with E-state index in [1.807, 2.05) is 6.92 Å². The summed E-state index contributed by atoms with van der Waals surface area (Å²) in [4.78, 5) is 0. The highest BCUT2D eigenvalue weighted by Crippen LogP contribution is 2.19. The summed E-state index contributed by atoms with van der Waals surface area (Å²) in [6, 6.07) is 0.0961. The maximum atomic E-state index is 11.1. The van der Waals surface area contributed by atoms with Crippen LogP contribution in [0, 0.1) is 0 Å². The smallest absolute Gasteiger partial charge is 0.216 e. The van der Waals surface area contributed by atoms with Crippen molar-refractivity contribution in [3.05, 3.63) is 0 Å². The van der Waals surface area contributed by atoms with Crippen molar-refractivity contribution in [1.82, 2.24) is 4.31 Å². The van der Waals surface area contributed by atoms with Crippen LogP contribution in [-0.2, 0) is 10.2 Å². The molecule has 0 spiro atoms. The highest BCUT2D eigenvalue weighted by atomic mass is 32.2. The molecule has 4 nitrogen and oxygen atoms in total. The van der Waals surface area contributed by atoms with E-state index in [0.717, 1.165) is 17.9 Å². The first-order chi connectivity index (χ1) is 5.55. The Kier molecular flexibility index (Phi) is 3.39. The molecule has 1 saturated heterocycles. The summed E-state index contributed by atoms with van der Waals surface area (Å²) in [6.45, 7) is 2.54. The normalized spacial score (nSPS) is 27.3. The van der Waals surface area contributed by atoms with Crippen molar-refractivity contribution in [1.29, 1.82) is 0 Å². The summed E-state index contributed by atoms with van der Waals surface area (Å²) in [5.74, 6) is 1.72. The van der Waals surface area contributed by atoms with Crippen molar-refractivity contribution in [2.45, 2.75) is 19.4 Å². The first kappa shape index (κ1) is 10.3. The first-order valence-electron chi connectivity index (χ1n) is 3.93. The van der Waals surface area contributed by atoms with Crippen LogP contribution < -0.4 is 5.14 Å². The molecule has 0 amide bonds. The van der Waals surface area contributed by atoms with Crippen molar-refractivity contribution < 1.29 is 8.42 Å². The fourth-order valence-corrected chi connectivity index (χ4v) is 3.67. The molecule has 0 aromatic rings. The molecule has 1 aliphatic rings. The van der Waals surface area contributed by atoms with Gasteiger partial charge in [-0.1, -0.05) is 6.92 Å². The Morgan fingerprint density at radius 2 is 2.33 bits per heavy atom. The van der Waals surface area contributed by atoms with Crippen LogP contribution in [0.2, 0.25) is 0 Å². The van der Waals surface area contributed by atoms with Crippen LogP contribution in [0.3, 0.4) is 0 Å². The minimum Gasteiger partial charge on any atom is -0.216 e. The van der Waals surface area contributed by atoms with Crippen molar-refractivity contribution >= 4 is 22.0 Å². The number of rotatable bonds is 2. The molecule has 0 bridgehead atoms. The van der Waals surface area contributed by atoms with Crippen molar-refractivity contribution in [3.8, 4) is 0 Å². The van der Waals surface area contributed by atoms with Gasteiger partial charge in [0.05, 0.1) is 0 Å². The molecule has 0 radical (unpaired) electrons. The van der Waals surface area contributed by atoms with Gasteiger partial charge in [-0.25, -0.2) is 5.14 Å². The third-order valence-electron chi connectivity index (χ3n) is 1.97. The molecule has 2 N–H and O–H groups in total. The van der Waals surface area contributed by atoms with E-state index in [2.05, 4.69) is 0 Å². The third-order valence-corrected chi connectivity index (χ3v) is 4.20. The molecule has 0 aliphatic carbocycles.